The molecule has 7 atom stereocenters. The first-order valence-corrected chi connectivity index (χ1v) is 11.3. The average Bonchev–Trinajstić information content (AvgIpc) is 2.78. The highest BCUT2D eigenvalue weighted by Gasteiger charge is 2.62. The SMILES string of the molecule is COc1ccc(CO[C@@H]2[C@@H](OC)O[C@H](CI)[C@H]3O[C@](C)(OC)[C@@](C)(OC)O[C@H]23)cc1. The summed E-state index contributed by atoms with van der Waals surface area (Å²) in [5, 5.41) is 0. The van der Waals surface area contributed by atoms with Gasteiger partial charge < -0.3 is 37.9 Å². The van der Waals surface area contributed by atoms with Crippen LogP contribution >= 0.6 is 22.6 Å². The third-order valence-corrected chi connectivity index (χ3v) is 6.77. The van der Waals surface area contributed by atoms with Gasteiger partial charge in [0.15, 0.2) is 6.29 Å². The van der Waals surface area contributed by atoms with E-state index in [0.29, 0.717) is 11.0 Å². The second-order valence-corrected chi connectivity index (χ2v) is 8.40. The first-order valence-electron chi connectivity index (χ1n) is 9.79. The maximum Gasteiger partial charge on any atom is 0.220 e. The molecule has 0 aliphatic carbocycles. The van der Waals surface area contributed by atoms with Crippen LogP contribution in [0.25, 0.3) is 0 Å². The Balaban J connectivity index is 1.85. The van der Waals surface area contributed by atoms with Crippen LogP contribution in [-0.2, 0) is 39.8 Å². The molecule has 0 aromatic heterocycles. The zero-order chi connectivity index (χ0) is 21.9. The molecule has 2 saturated heterocycles. The van der Waals surface area contributed by atoms with Gasteiger partial charge in [-0.3, -0.25) is 0 Å². The van der Waals surface area contributed by atoms with Crippen molar-refractivity contribution in [2.45, 2.75) is 62.7 Å². The van der Waals surface area contributed by atoms with E-state index in [0.717, 1.165) is 11.3 Å². The monoisotopic (exact) mass is 538 g/mol. The molecule has 2 aliphatic heterocycles. The normalized spacial score (nSPS) is 38.8. The molecule has 0 spiro atoms. The van der Waals surface area contributed by atoms with Crippen LogP contribution in [0.4, 0.5) is 0 Å². The highest BCUT2D eigenvalue weighted by molar-refractivity contribution is 14.1. The highest BCUT2D eigenvalue weighted by Crippen LogP contribution is 2.44. The number of halogens is 1. The summed E-state index contributed by atoms with van der Waals surface area (Å²) in [6, 6.07) is 7.69. The fourth-order valence-corrected chi connectivity index (χ4v) is 4.47. The van der Waals surface area contributed by atoms with Gasteiger partial charge in [-0.25, -0.2) is 0 Å². The summed E-state index contributed by atoms with van der Waals surface area (Å²) < 4.78 is 48.1. The molecular weight excluding hydrogens is 507 g/mol. The smallest absolute Gasteiger partial charge is 0.220 e. The van der Waals surface area contributed by atoms with E-state index in [1.165, 1.54) is 0 Å². The van der Waals surface area contributed by atoms with E-state index in [2.05, 4.69) is 22.6 Å². The Bertz CT molecular complexity index is 688. The fourth-order valence-electron chi connectivity index (χ4n) is 3.76. The Kier molecular flexibility index (Phi) is 8.00. The number of benzene rings is 1. The van der Waals surface area contributed by atoms with Crippen molar-refractivity contribution in [3.8, 4) is 5.75 Å². The molecule has 170 valence electrons. The van der Waals surface area contributed by atoms with Gasteiger partial charge in [0, 0.05) is 25.8 Å². The van der Waals surface area contributed by atoms with E-state index in [4.69, 9.17) is 37.9 Å². The Morgan fingerprint density at radius 2 is 1.53 bits per heavy atom. The first kappa shape index (κ1) is 24.1. The molecule has 1 aromatic carbocycles. The van der Waals surface area contributed by atoms with E-state index >= 15 is 0 Å². The number of ether oxygens (including phenoxy) is 8. The van der Waals surface area contributed by atoms with Crippen molar-refractivity contribution in [3.05, 3.63) is 29.8 Å². The Hall–Kier alpha value is -0.530. The van der Waals surface area contributed by atoms with Crippen molar-refractivity contribution in [1.29, 1.82) is 0 Å². The van der Waals surface area contributed by atoms with Gasteiger partial charge in [-0.05, 0) is 31.5 Å². The number of alkyl halides is 1. The molecule has 0 bridgehead atoms. The number of hydrogen-bond acceptors (Lipinski definition) is 8. The van der Waals surface area contributed by atoms with Crippen LogP contribution in [0.2, 0.25) is 0 Å². The summed E-state index contributed by atoms with van der Waals surface area (Å²) in [4.78, 5) is 0. The maximum absolute atomic E-state index is 6.45. The van der Waals surface area contributed by atoms with Crippen molar-refractivity contribution >= 4 is 22.6 Å². The van der Waals surface area contributed by atoms with Crippen LogP contribution in [0.3, 0.4) is 0 Å². The standard InChI is InChI=1S/C21H31IO8/c1-20(25-5)21(2,26-6)30-17-16(29-20)15(11-22)28-19(24-4)18(17)27-12-13-7-9-14(23-3)10-8-13/h7-10,15-19H,11-12H2,1-6H3/t15-,16-,17+,18+,19+,20+,21+/m1/s1. The molecule has 0 saturated carbocycles. The Morgan fingerprint density at radius 3 is 2.03 bits per heavy atom. The first-order chi connectivity index (χ1) is 14.3. The third-order valence-electron chi connectivity index (χ3n) is 5.90. The summed E-state index contributed by atoms with van der Waals surface area (Å²) >= 11 is 2.27. The fraction of sp³-hybridized carbons (Fsp3) is 0.714. The second-order valence-electron chi connectivity index (χ2n) is 7.52. The van der Waals surface area contributed by atoms with Crippen LogP contribution in [0.1, 0.15) is 19.4 Å². The van der Waals surface area contributed by atoms with E-state index < -0.39 is 36.2 Å². The summed E-state index contributed by atoms with van der Waals surface area (Å²) in [5.74, 6) is -1.47. The topological polar surface area (TPSA) is 73.8 Å². The van der Waals surface area contributed by atoms with Gasteiger partial charge in [-0.2, -0.15) is 0 Å². The Labute approximate surface area is 191 Å². The zero-order valence-corrected chi connectivity index (χ0v) is 20.4. The predicted molar refractivity (Wildman–Crippen MR) is 117 cm³/mol. The minimum absolute atomic E-state index is 0.253. The van der Waals surface area contributed by atoms with Gasteiger partial charge in [-0.1, -0.05) is 34.7 Å². The molecular formula is C21H31IO8. The van der Waals surface area contributed by atoms with Crippen LogP contribution in [-0.4, -0.2) is 75.1 Å². The van der Waals surface area contributed by atoms with Gasteiger partial charge in [0.1, 0.15) is 24.1 Å². The largest absolute Gasteiger partial charge is 0.497 e. The summed E-state index contributed by atoms with van der Waals surface area (Å²) in [5.41, 5.74) is 0.992. The van der Waals surface area contributed by atoms with Gasteiger partial charge in [0.2, 0.25) is 11.6 Å². The summed E-state index contributed by atoms with van der Waals surface area (Å²) in [6.07, 6.45) is -2.28. The lowest BCUT2D eigenvalue weighted by atomic mass is 9.94. The van der Waals surface area contributed by atoms with Crippen molar-refractivity contribution in [2.24, 2.45) is 0 Å². The number of hydrogen-bond donors (Lipinski definition) is 0. The average molecular weight is 538 g/mol. The molecule has 9 heteroatoms. The van der Waals surface area contributed by atoms with E-state index in [-0.39, 0.29) is 6.10 Å². The van der Waals surface area contributed by atoms with Crippen molar-refractivity contribution in [1.82, 2.24) is 0 Å². The zero-order valence-electron chi connectivity index (χ0n) is 18.3. The molecule has 0 amide bonds. The van der Waals surface area contributed by atoms with Gasteiger partial charge >= 0.3 is 0 Å². The van der Waals surface area contributed by atoms with E-state index in [9.17, 15) is 0 Å². The quantitative estimate of drug-likeness (QED) is 0.370. The molecule has 0 unspecified atom stereocenters. The molecule has 0 radical (unpaired) electrons. The minimum atomic E-state index is -1.14. The second kappa shape index (κ2) is 9.95. The molecule has 8 nitrogen and oxygen atoms in total. The van der Waals surface area contributed by atoms with Crippen LogP contribution in [0.15, 0.2) is 24.3 Å². The molecule has 2 fully saturated rings. The molecule has 2 aliphatic rings. The van der Waals surface area contributed by atoms with Gasteiger partial charge in [-0.15, -0.1) is 0 Å². The summed E-state index contributed by atoms with van der Waals surface area (Å²) in [7, 11) is 6.37. The lowest BCUT2D eigenvalue weighted by Crippen LogP contribution is -2.73. The predicted octanol–water partition coefficient (Wildman–Crippen LogP) is 2.90. The lowest BCUT2D eigenvalue weighted by Gasteiger charge is -2.57. The van der Waals surface area contributed by atoms with Crippen molar-refractivity contribution in [3.63, 3.8) is 0 Å². The highest BCUT2D eigenvalue weighted by atomic mass is 127. The molecule has 0 N–H and O–H groups in total. The van der Waals surface area contributed by atoms with E-state index in [1.54, 1.807) is 42.3 Å². The van der Waals surface area contributed by atoms with Gasteiger partial charge in [0.05, 0.1) is 19.8 Å². The maximum atomic E-state index is 6.45. The minimum Gasteiger partial charge on any atom is -0.497 e. The molecule has 1 aromatic rings. The van der Waals surface area contributed by atoms with Crippen LogP contribution in [0, 0.1) is 0 Å². The number of fused-ring (bicyclic) bond motifs is 1. The van der Waals surface area contributed by atoms with Crippen LogP contribution < -0.4 is 4.74 Å². The van der Waals surface area contributed by atoms with Gasteiger partial charge in [0.25, 0.3) is 0 Å². The van der Waals surface area contributed by atoms with Crippen molar-refractivity contribution in [2.75, 3.05) is 32.9 Å². The molecule has 3 rings (SSSR count). The van der Waals surface area contributed by atoms with Crippen molar-refractivity contribution < 1.29 is 37.9 Å². The lowest BCUT2D eigenvalue weighted by molar-refractivity contribution is -0.479. The van der Waals surface area contributed by atoms with Crippen LogP contribution in [0.5, 0.6) is 5.75 Å². The molecule has 30 heavy (non-hydrogen) atoms. The number of rotatable bonds is 8. The van der Waals surface area contributed by atoms with E-state index in [1.807, 2.05) is 24.3 Å². The Morgan fingerprint density at radius 1 is 0.933 bits per heavy atom. The number of methoxy groups -OCH3 is 4. The molecule has 2 heterocycles. The summed E-state index contributed by atoms with van der Waals surface area (Å²) in [6.45, 7) is 3.95. The third kappa shape index (κ3) is 4.49.